The minimum atomic E-state index is -3.94. The third-order valence-corrected chi connectivity index (χ3v) is 7.46. The molecule has 0 fully saturated rings. The van der Waals surface area contributed by atoms with Crippen molar-refractivity contribution < 1.29 is 17.6 Å². The summed E-state index contributed by atoms with van der Waals surface area (Å²) in [5.74, 6) is -1.27. The summed E-state index contributed by atoms with van der Waals surface area (Å²) in [5.41, 5.74) is 8.33. The van der Waals surface area contributed by atoms with E-state index in [4.69, 9.17) is 5.73 Å². The second-order valence-corrected chi connectivity index (χ2v) is 11.4. The number of sulfonamides is 1. The number of carbonyl (C=O) groups is 1. The zero-order valence-electron chi connectivity index (χ0n) is 21.0. The highest BCUT2D eigenvalue weighted by atomic mass is 32.2. The number of nitriles is 1. The van der Waals surface area contributed by atoms with E-state index >= 15 is 0 Å². The second-order valence-electron chi connectivity index (χ2n) is 9.71. The molecule has 0 bridgehead atoms. The summed E-state index contributed by atoms with van der Waals surface area (Å²) >= 11 is 0. The van der Waals surface area contributed by atoms with Crippen LogP contribution in [0.1, 0.15) is 36.7 Å². The first-order valence-electron chi connectivity index (χ1n) is 11.6. The average Bonchev–Trinajstić information content (AvgIpc) is 2.86. The Morgan fingerprint density at radius 1 is 0.947 bits per heavy atom. The Kier molecular flexibility index (Phi) is 7.14. The lowest BCUT2D eigenvalue weighted by Crippen LogP contribution is -2.40. The van der Waals surface area contributed by atoms with E-state index in [1.54, 1.807) is 81.6 Å². The standard InChI is InChI=1S/C29H25FN4O3S/c1-29(2,3)34-38(36,37)25-12-11-22(30)16-24(25)20-9-7-19(8-10-20)23-13-14-33-27(26(23)28(32)35)21-6-4-5-18(15-21)17-31/h4-16,34H,1-3H3,(H2,32,35). The number of nitrogens with two attached hydrogens (primary N) is 1. The summed E-state index contributed by atoms with van der Waals surface area (Å²) in [4.78, 5) is 16.8. The molecule has 0 saturated carbocycles. The highest BCUT2D eigenvalue weighted by Crippen LogP contribution is 2.34. The number of rotatable bonds is 6. The summed E-state index contributed by atoms with van der Waals surface area (Å²) in [7, 11) is -3.94. The van der Waals surface area contributed by atoms with Crippen LogP contribution < -0.4 is 10.5 Å². The molecule has 0 aliphatic carbocycles. The molecule has 0 radical (unpaired) electrons. The number of benzene rings is 3. The maximum atomic E-state index is 14.2. The van der Waals surface area contributed by atoms with Crippen molar-refractivity contribution in [2.75, 3.05) is 0 Å². The topological polar surface area (TPSA) is 126 Å². The third-order valence-electron chi connectivity index (χ3n) is 5.64. The summed E-state index contributed by atoms with van der Waals surface area (Å²) in [6.45, 7) is 5.16. The van der Waals surface area contributed by atoms with Crippen molar-refractivity contribution in [1.29, 1.82) is 5.26 Å². The van der Waals surface area contributed by atoms with Crippen LogP contribution in [0.5, 0.6) is 0 Å². The molecule has 0 unspecified atom stereocenters. The van der Waals surface area contributed by atoms with Crippen LogP contribution >= 0.6 is 0 Å². The van der Waals surface area contributed by atoms with Gasteiger partial charge in [0.05, 0.1) is 27.8 Å². The Bertz CT molecular complexity index is 1690. The number of amides is 1. The van der Waals surface area contributed by atoms with Gasteiger partial charge >= 0.3 is 0 Å². The van der Waals surface area contributed by atoms with Gasteiger partial charge in [-0.15, -0.1) is 0 Å². The molecular weight excluding hydrogens is 503 g/mol. The molecule has 3 aromatic carbocycles. The predicted octanol–water partition coefficient (Wildman–Crippen LogP) is 5.27. The van der Waals surface area contributed by atoms with Gasteiger partial charge in [-0.05, 0) is 73.9 Å². The number of hydrogen-bond acceptors (Lipinski definition) is 5. The van der Waals surface area contributed by atoms with E-state index in [1.165, 1.54) is 12.1 Å². The molecule has 0 spiro atoms. The number of aromatic nitrogens is 1. The molecular formula is C29H25FN4O3S. The number of halogens is 1. The normalized spacial score (nSPS) is 11.7. The molecule has 0 atom stereocenters. The van der Waals surface area contributed by atoms with Crippen LogP contribution in [0.3, 0.4) is 0 Å². The summed E-state index contributed by atoms with van der Waals surface area (Å²) in [5, 5.41) is 9.26. The largest absolute Gasteiger partial charge is 0.366 e. The van der Waals surface area contributed by atoms with Crippen LogP contribution in [0.4, 0.5) is 4.39 Å². The van der Waals surface area contributed by atoms with Crippen LogP contribution in [0.2, 0.25) is 0 Å². The number of hydrogen-bond donors (Lipinski definition) is 2. The van der Waals surface area contributed by atoms with E-state index in [1.807, 2.05) is 0 Å². The van der Waals surface area contributed by atoms with Crippen molar-refractivity contribution in [2.45, 2.75) is 31.2 Å². The Balaban J connectivity index is 1.82. The minimum Gasteiger partial charge on any atom is -0.366 e. The van der Waals surface area contributed by atoms with Crippen molar-refractivity contribution >= 4 is 15.9 Å². The lowest BCUT2D eigenvalue weighted by atomic mass is 9.94. The van der Waals surface area contributed by atoms with Crippen LogP contribution in [-0.2, 0) is 10.0 Å². The Labute approximate surface area is 220 Å². The van der Waals surface area contributed by atoms with E-state index in [9.17, 15) is 22.9 Å². The molecule has 0 aliphatic heterocycles. The number of carbonyl (C=O) groups excluding carboxylic acids is 1. The molecule has 1 amide bonds. The van der Waals surface area contributed by atoms with Gasteiger partial charge in [0.1, 0.15) is 5.82 Å². The molecule has 192 valence electrons. The van der Waals surface area contributed by atoms with Crippen molar-refractivity contribution in [3.8, 4) is 39.6 Å². The Hall–Kier alpha value is -4.39. The molecule has 7 nitrogen and oxygen atoms in total. The smallest absolute Gasteiger partial charge is 0.251 e. The van der Waals surface area contributed by atoms with Gasteiger partial charge in [0.15, 0.2) is 0 Å². The zero-order chi connectivity index (χ0) is 27.7. The van der Waals surface area contributed by atoms with Crippen LogP contribution in [0.25, 0.3) is 33.5 Å². The van der Waals surface area contributed by atoms with Gasteiger partial charge < -0.3 is 5.73 Å². The number of primary amides is 1. The van der Waals surface area contributed by atoms with Gasteiger partial charge in [-0.1, -0.05) is 36.4 Å². The van der Waals surface area contributed by atoms with E-state index < -0.39 is 27.3 Å². The molecule has 0 saturated heterocycles. The molecule has 1 aromatic heterocycles. The number of pyridine rings is 1. The maximum Gasteiger partial charge on any atom is 0.251 e. The van der Waals surface area contributed by atoms with Gasteiger partial charge in [-0.25, -0.2) is 17.5 Å². The minimum absolute atomic E-state index is 0.0528. The molecule has 1 heterocycles. The summed E-state index contributed by atoms with van der Waals surface area (Å²) < 4.78 is 42.9. The number of nitrogens with zero attached hydrogens (tertiary/aromatic N) is 2. The van der Waals surface area contributed by atoms with Crippen LogP contribution in [0.15, 0.2) is 83.9 Å². The molecule has 0 aliphatic rings. The highest BCUT2D eigenvalue weighted by Gasteiger charge is 2.25. The fraction of sp³-hybridized carbons (Fsp3) is 0.138. The molecule has 3 N–H and O–H groups in total. The van der Waals surface area contributed by atoms with Gasteiger partial charge in [0.2, 0.25) is 10.0 Å². The van der Waals surface area contributed by atoms with Crippen LogP contribution in [0, 0.1) is 17.1 Å². The lowest BCUT2D eigenvalue weighted by molar-refractivity contribution is 0.100. The van der Waals surface area contributed by atoms with Crippen molar-refractivity contribution in [3.05, 3.63) is 95.9 Å². The van der Waals surface area contributed by atoms with Crippen molar-refractivity contribution in [3.63, 3.8) is 0 Å². The third kappa shape index (κ3) is 5.62. The van der Waals surface area contributed by atoms with Gasteiger partial charge in [0, 0.05) is 22.9 Å². The van der Waals surface area contributed by atoms with Gasteiger partial charge in [-0.3, -0.25) is 9.78 Å². The van der Waals surface area contributed by atoms with E-state index in [2.05, 4.69) is 15.8 Å². The fourth-order valence-electron chi connectivity index (χ4n) is 4.16. The molecule has 4 aromatic rings. The SMILES string of the molecule is CC(C)(C)NS(=O)(=O)c1ccc(F)cc1-c1ccc(-c2ccnc(-c3cccc(C#N)c3)c2C(N)=O)cc1. The Morgan fingerprint density at radius 2 is 1.61 bits per heavy atom. The predicted molar refractivity (Wildman–Crippen MR) is 144 cm³/mol. The van der Waals surface area contributed by atoms with E-state index in [-0.39, 0.29) is 16.0 Å². The van der Waals surface area contributed by atoms with Gasteiger partial charge in [-0.2, -0.15) is 5.26 Å². The first kappa shape index (κ1) is 26.7. The van der Waals surface area contributed by atoms with Gasteiger partial charge in [0.25, 0.3) is 5.91 Å². The maximum absolute atomic E-state index is 14.2. The van der Waals surface area contributed by atoms with Crippen molar-refractivity contribution in [1.82, 2.24) is 9.71 Å². The fourth-order valence-corrected chi connectivity index (χ4v) is 5.79. The molecule has 38 heavy (non-hydrogen) atoms. The molecule has 9 heteroatoms. The Morgan fingerprint density at radius 3 is 2.21 bits per heavy atom. The first-order chi connectivity index (χ1) is 17.9. The second kappa shape index (κ2) is 10.2. The lowest BCUT2D eigenvalue weighted by Gasteiger charge is -2.21. The zero-order valence-corrected chi connectivity index (χ0v) is 21.8. The first-order valence-corrected chi connectivity index (χ1v) is 13.1. The average molecular weight is 529 g/mol. The highest BCUT2D eigenvalue weighted by molar-refractivity contribution is 7.89. The quantitative estimate of drug-likeness (QED) is 0.353. The van der Waals surface area contributed by atoms with Crippen LogP contribution in [-0.4, -0.2) is 24.8 Å². The summed E-state index contributed by atoms with van der Waals surface area (Å²) in [6.07, 6.45) is 1.54. The van der Waals surface area contributed by atoms with E-state index in [0.717, 1.165) is 6.07 Å². The number of nitrogens with one attached hydrogen (secondary N) is 1. The monoisotopic (exact) mass is 528 g/mol. The summed E-state index contributed by atoms with van der Waals surface area (Å²) in [6, 6.07) is 20.6. The molecule has 4 rings (SSSR count). The van der Waals surface area contributed by atoms with Crippen molar-refractivity contribution in [2.24, 2.45) is 5.73 Å². The van der Waals surface area contributed by atoms with E-state index in [0.29, 0.717) is 33.5 Å².